The van der Waals surface area contributed by atoms with Gasteiger partial charge in [0.25, 0.3) is 5.91 Å². The number of nitrogens with one attached hydrogen (secondary N) is 1. The number of amides is 1. The van der Waals surface area contributed by atoms with Gasteiger partial charge in [-0.3, -0.25) is 14.4 Å². The van der Waals surface area contributed by atoms with Gasteiger partial charge in [-0.05, 0) is 55.8 Å². The fourth-order valence-corrected chi connectivity index (χ4v) is 3.63. The van der Waals surface area contributed by atoms with E-state index < -0.39 is 0 Å². The number of hydrogen-bond acceptors (Lipinski definition) is 6. The average molecular weight is 457 g/mol. The van der Waals surface area contributed by atoms with Gasteiger partial charge in [-0.25, -0.2) is 0 Å². The first-order valence-electron chi connectivity index (χ1n) is 10.6. The third-order valence-corrected chi connectivity index (χ3v) is 5.34. The summed E-state index contributed by atoms with van der Waals surface area (Å²) in [7, 11) is 1.58. The molecule has 0 saturated heterocycles. The number of aryl methyl sites for hydroxylation is 1. The van der Waals surface area contributed by atoms with Gasteiger partial charge >= 0.3 is 0 Å². The highest BCUT2D eigenvalue weighted by molar-refractivity contribution is 5.97. The lowest BCUT2D eigenvalue weighted by atomic mass is 10.0. The van der Waals surface area contributed by atoms with Crippen LogP contribution in [0, 0.1) is 6.92 Å². The van der Waals surface area contributed by atoms with Crippen LogP contribution >= 0.6 is 0 Å². The molecule has 1 N–H and O–H groups in total. The van der Waals surface area contributed by atoms with Gasteiger partial charge in [0.15, 0.2) is 12.4 Å². The molecular weight excluding hydrogens is 434 g/mol. The lowest BCUT2D eigenvalue weighted by molar-refractivity contribution is -0.118. The van der Waals surface area contributed by atoms with Gasteiger partial charge in [0, 0.05) is 17.3 Å². The van der Waals surface area contributed by atoms with Gasteiger partial charge in [0.2, 0.25) is 5.43 Å². The van der Waals surface area contributed by atoms with Crippen LogP contribution in [0.4, 0.5) is 5.69 Å². The number of benzene rings is 3. The second kappa shape index (κ2) is 9.62. The SMILES string of the molecule is COc1ccc(-c2c(C)oc3cc(OCC(=O)Nc4cccc(C(C)=O)c4)ccc3c2=O)cc1. The summed E-state index contributed by atoms with van der Waals surface area (Å²) in [4.78, 5) is 36.9. The Kier molecular flexibility index (Phi) is 6.45. The molecule has 0 aliphatic rings. The molecule has 172 valence electrons. The summed E-state index contributed by atoms with van der Waals surface area (Å²) in [6, 6.07) is 18.7. The van der Waals surface area contributed by atoms with Crippen molar-refractivity contribution >= 4 is 28.3 Å². The predicted molar refractivity (Wildman–Crippen MR) is 130 cm³/mol. The van der Waals surface area contributed by atoms with Crippen molar-refractivity contribution in [3.8, 4) is 22.6 Å². The second-order valence-corrected chi connectivity index (χ2v) is 7.72. The maximum Gasteiger partial charge on any atom is 0.262 e. The maximum atomic E-state index is 13.1. The van der Waals surface area contributed by atoms with E-state index in [9.17, 15) is 14.4 Å². The number of Topliss-reactive ketones (excluding diaryl/α,β-unsaturated/α-hetero) is 1. The summed E-state index contributed by atoms with van der Waals surface area (Å²) in [6.45, 7) is 2.95. The van der Waals surface area contributed by atoms with Crippen molar-refractivity contribution in [2.45, 2.75) is 13.8 Å². The molecule has 0 fully saturated rings. The minimum absolute atomic E-state index is 0.0875. The molecular formula is C27H23NO6. The van der Waals surface area contributed by atoms with Crippen molar-refractivity contribution in [3.05, 3.63) is 88.3 Å². The van der Waals surface area contributed by atoms with Gasteiger partial charge in [0.05, 0.1) is 18.1 Å². The molecule has 3 aromatic carbocycles. The van der Waals surface area contributed by atoms with Crippen molar-refractivity contribution in [2.75, 3.05) is 19.0 Å². The van der Waals surface area contributed by atoms with E-state index in [0.717, 1.165) is 5.56 Å². The van der Waals surface area contributed by atoms with Crippen LogP contribution in [0.1, 0.15) is 23.0 Å². The Balaban J connectivity index is 1.51. The minimum Gasteiger partial charge on any atom is -0.497 e. The van der Waals surface area contributed by atoms with Crippen molar-refractivity contribution < 1.29 is 23.5 Å². The molecule has 0 aliphatic heterocycles. The highest BCUT2D eigenvalue weighted by Crippen LogP contribution is 2.27. The first-order chi connectivity index (χ1) is 16.4. The summed E-state index contributed by atoms with van der Waals surface area (Å²) in [5, 5.41) is 3.11. The van der Waals surface area contributed by atoms with Gasteiger partial charge in [-0.1, -0.05) is 24.3 Å². The fourth-order valence-electron chi connectivity index (χ4n) is 3.63. The molecule has 0 aliphatic carbocycles. The third kappa shape index (κ3) is 4.83. The molecule has 0 saturated carbocycles. The van der Waals surface area contributed by atoms with Crippen LogP contribution in [-0.2, 0) is 4.79 Å². The monoisotopic (exact) mass is 457 g/mol. The molecule has 0 unspecified atom stereocenters. The molecule has 1 aromatic heterocycles. The summed E-state index contributed by atoms with van der Waals surface area (Å²) in [6.07, 6.45) is 0. The Hall–Kier alpha value is -4.39. The lowest BCUT2D eigenvalue weighted by Gasteiger charge is -2.10. The van der Waals surface area contributed by atoms with Crippen LogP contribution in [-0.4, -0.2) is 25.4 Å². The molecule has 1 heterocycles. The van der Waals surface area contributed by atoms with Crippen LogP contribution in [0.5, 0.6) is 11.5 Å². The Morgan fingerprint density at radius 1 is 0.971 bits per heavy atom. The van der Waals surface area contributed by atoms with Crippen molar-refractivity contribution in [3.63, 3.8) is 0 Å². The van der Waals surface area contributed by atoms with E-state index in [4.69, 9.17) is 13.9 Å². The minimum atomic E-state index is -0.381. The van der Waals surface area contributed by atoms with Crippen LogP contribution in [0.25, 0.3) is 22.1 Å². The molecule has 0 bridgehead atoms. The number of fused-ring (bicyclic) bond motifs is 1. The predicted octanol–water partition coefficient (Wildman–Crippen LogP) is 5.00. The normalized spacial score (nSPS) is 10.7. The van der Waals surface area contributed by atoms with E-state index in [0.29, 0.717) is 45.0 Å². The molecule has 34 heavy (non-hydrogen) atoms. The van der Waals surface area contributed by atoms with E-state index >= 15 is 0 Å². The zero-order chi connectivity index (χ0) is 24.2. The van der Waals surface area contributed by atoms with Crippen molar-refractivity contribution in [1.82, 2.24) is 0 Å². The summed E-state index contributed by atoms with van der Waals surface area (Å²) in [5.74, 6) is 1.09. The largest absolute Gasteiger partial charge is 0.497 e. The zero-order valence-corrected chi connectivity index (χ0v) is 19.0. The molecule has 4 rings (SSSR count). The van der Waals surface area contributed by atoms with Gasteiger partial charge < -0.3 is 19.2 Å². The van der Waals surface area contributed by atoms with E-state index in [2.05, 4.69) is 5.32 Å². The van der Waals surface area contributed by atoms with E-state index in [1.807, 2.05) is 12.1 Å². The van der Waals surface area contributed by atoms with Gasteiger partial charge in [-0.2, -0.15) is 0 Å². The standard InChI is InChI=1S/C27H23NO6/c1-16(29)19-5-4-6-20(13-19)28-25(30)15-33-22-11-12-23-24(14-22)34-17(2)26(27(23)31)18-7-9-21(32-3)10-8-18/h4-14H,15H2,1-3H3,(H,28,30). The Bertz CT molecular complexity index is 1440. The van der Waals surface area contributed by atoms with E-state index in [-0.39, 0.29) is 23.7 Å². The zero-order valence-electron chi connectivity index (χ0n) is 19.0. The van der Waals surface area contributed by atoms with Gasteiger partial charge in [0.1, 0.15) is 22.8 Å². The first kappa shape index (κ1) is 22.8. The number of rotatable bonds is 7. The lowest BCUT2D eigenvalue weighted by Crippen LogP contribution is -2.20. The van der Waals surface area contributed by atoms with E-state index in [1.54, 1.807) is 68.6 Å². The molecule has 0 atom stereocenters. The molecule has 1 amide bonds. The fraction of sp³-hybridized carbons (Fsp3) is 0.148. The van der Waals surface area contributed by atoms with Crippen LogP contribution in [0.15, 0.2) is 75.9 Å². The van der Waals surface area contributed by atoms with Crippen LogP contribution in [0.3, 0.4) is 0 Å². The van der Waals surface area contributed by atoms with Crippen molar-refractivity contribution in [1.29, 1.82) is 0 Å². The van der Waals surface area contributed by atoms with Crippen molar-refractivity contribution in [2.24, 2.45) is 0 Å². The second-order valence-electron chi connectivity index (χ2n) is 7.72. The Morgan fingerprint density at radius 2 is 1.71 bits per heavy atom. The summed E-state index contributed by atoms with van der Waals surface area (Å²) >= 11 is 0. The highest BCUT2D eigenvalue weighted by Gasteiger charge is 2.15. The van der Waals surface area contributed by atoms with Gasteiger partial charge in [-0.15, -0.1) is 0 Å². The molecule has 0 spiro atoms. The first-order valence-corrected chi connectivity index (χ1v) is 10.6. The number of hydrogen-bond donors (Lipinski definition) is 1. The van der Waals surface area contributed by atoms with E-state index in [1.165, 1.54) is 6.92 Å². The summed E-state index contributed by atoms with van der Waals surface area (Å²) < 4.78 is 16.7. The highest BCUT2D eigenvalue weighted by atomic mass is 16.5. The molecule has 0 radical (unpaired) electrons. The Morgan fingerprint density at radius 3 is 2.41 bits per heavy atom. The summed E-state index contributed by atoms with van der Waals surface area (Å²) in [5.41, 5.74) is 2.45. The quantitative estimate of drug-likeness (QED) is 0.393. The number of anilines is 1. The van der Waals surface area contributed by atoms with Crippen LogP contribution < -0.4 is 20.2 Å². The number of ketones is 1. The topological polar surface area (TPSA) is 94.8 Å². The third-order valence-electron chi connectivity index (χ3n) is 5.34. The average Bonchev–Trinajstić information content (AvgIpc) is 2.83. The van der Waals surface area contributed by atoms with Crippen LogP contribution in [0.2, 0.25) is 0 Å². The smallest absolute Gasteiger partial charge is 0.262 e. The maximum absolute atomic E-state index is 13.1. The molecule has 7 heteroatoms. The number of ether oxygens (including phenoxy) is 2. The number of carbonyl (C=O) groups is 2. The number of methoxy groups -OCH3 is 1. The molecule has 7 nitrogen and oxygen atoms in total. The molecule has 4 aromatic rings. The number of carbonyl (C=O) groups excluding carboxylic acids is 2. The Labute approximate surface area is 195 Å².